The Morgan fingerprint density at radius 2 is 0.573 bits per heavy atom. The van der Waals surface area contributed by atoms with Gasteiger partial charge in [0.15, 0.2) is 0 Å². The summed E-state index contributed by atoms with van der Waals surface area (Å²) in [4.78, 5) is 24.6. The molecule has 0 aliphatic heterocycles. The molecule has 0 aliphatic carbocycles. The second-order valence-electron chi connectivity index (χ2n) is 25.6. The zero-order valence-corrected chi connectivity index (χ0v) is 55.5. The van der Waals surface area contributed by atoms with E-state index < -0.39 is 12.1 Å². The number of nitrogens with one attached hydrogen (secondary N) is 1. The number of allylic oxidation sites excluding steroid dienone is 5. The van der Waals surface area contributed by atoms with Gasteiger partial charge in [-0.25, -0.2) is 0 Å². The van der Waals surface area contributed by atoms with Crippen LogP contribution in [0.15, 0.2) is 36.5 Å². The molecule has 1 amide bonds. The smallest absolute Gasteiger partial charge is 0.305 e. The summed E-state index contributed by atoms with van der Waals surface area (Å²) in [5.74, 6) is -0.0491. The first-order chi connectivity index (χ1) is 40.5. The van der Waals surface area contributed by atoms with Crippen molar-refractivity contribution in [3.05, 3.63) is 36.5 Å². The van der Waals surface area contributed by atoms with Crippen LogP contribution in [0.25, 0.3) is 0 Å². The van der Waals surface area contributed by atoms with Gasteiger partial charge < -0.3 is 20.3 Å². The third kappa shape index (κ3) is 67.2. The normalized spacial score (nSPS) is 12.7. The molecule has 82 heavy (non-hydrogen) atoms. The highest BCUT2D eigenvalue weighted by Crippen LogP contribution is 2.19. The van der Waals surface area contributed by atoms with E-state index in [4.69, 9.17) is 4.74 Å². The van der Waals surface area contributed by atoms with E-state index in [-0.39, 0.29) is 18.5 Å². The van der Waals surface area contributed by atoms with Crippen molar-refractivity contribution in [2.24, 2.45) is 0 Å². The molecule has 0 aromatic rings. The number of aliphatic hydroxyl groups excluding tert-OH is 2. The second kappa shape index (κ2) is 71.6. The number of carbonyl (C=O) groups is 2. The van der Waals surface area contributed by atoms with Crippen LogP contribution in [0.5, 0.6) is 0 Å². The number of aliphatic hydroxyl groups is 2. The van der Waals surface area contributed by atoms with Crippen LogP contribution in [0.4, 0.5) is 0 Å². The molecule has 0 saturated carbocycles. The molecule has 0 heterocycles. The first-order valence-corrected chi connectivity index (χ1v) is 37.3. The molecule has 3 N–H and O–H groups in total. The van der Waals surface area contributed by atoms with Gasteiger partial charge in [0.25, 0.3) is 0 Å². The van der Waals surface area contributed by atoms with Crippen molar-refractivity contribution >= 4 is 11.9 Å². The third-order valence-electron chi connectivity index (χ3n) is 17.4. The molecule has 2 unspecified atom stereocenters. The van der Waals surface area contributed by atoms with Crippen molar-refractivity contribution in [1.29, 1.82) is 0 Å². The number of unbranched alkanes of at least 4 members (excludes halogenated alkanes) is 55. The molecule has 0 rings (SSSR count). The van der Waals surface area contributed by atoms with Crippen LogP contribution in [0, 0.1) is 0 Å². The van der Waals surface area contributed by atoms with Gasteiger partial charge in [-0.15, -0.1) is 0 Å². The summed E-state index contributed by atoms with van der Waals surface area (Å²) in [6.45, 7) is 4.94. The minimum Gasteiger partial charge on any atom is -0.466 e. The fourth-order valence-corrected chi connectivity index (χ4v) is 11.7. The maximum Gasteiger partial charge on any atom is 0.305 e. The molecule has 0 saturated heterocycles. The lowest BCUT2D eigenvalue weighted by atomic mass is 10.0. The summed E-state index contributed by atoms with van der Waals surface area (Å²) >= 11 is 0. The summed E-state index contributed by atoms with van der Waals surface area (Å²) in [6, 6.07) is -0.627. The van der Waals surface area contributed by atoms with Crippen LogP contribution >= 0.6 is 0 Å². The van der Waals surface area contributed by atoms with E-state index in [1.165, 1.54) is 340 Å². The van der Waals surface area contributed by atoms with Crippen molar-refractivity contribution in [1.82, 2.24) is 5.32 Å². The molecule has 0 spiro atoms. The highest BCUT2D eigenvalue weighted by molar-refractivity contribution is 5.76. The van der Waals surface area contributed by atoms with Crippen LogP contribution in [0.3, 0.4) is 0 Å². The van der Waals surface area contributed by atoms with Gasteiger partial charge in [-0.1, -0.05) is 352 Å². The highest BCUT2D eigenvalue weighted by atomic mass is 16.5. The summed E-state index contributed by atoms with van der Waals surface area (Å²) in [5, 5.41) is 23.2. The molecule has 0 aliphatic rings. The SMILES string of the molecule is CCCCCCCC/C=C\CCCCCCCCCC(=O)OCCCCCCCCCCCCCC/C=C\CCCCCCCCCCCCCCCCC(=O)NC(CO)C(O)/C=C/CCCCCCCCCCCCCCCCCC. The van der Waals surface area contributed by atoms with Gasteiger partial charge in [0.05, 0.1) is 25.4 Å². The number of rotatable bonds is 70. The Balaban J connectivity index is 3.38. The zero-order chi connectivity index (χ0) is 59.2. The Morgan fingerprint density at radius 1 is 0.329 bits per heavy atom. The summed E-state index contributed by atoms with van der Waals surface area (Å²) in [5.41, 5.74) is 0. The second-order valence-corrected chi connectivity index (χ2v) is 25.6. The number of hydrogen-bond acceptors (Lipinski definition) is 5. The quantitative estimate of drug-likeness (QED) is 0.0320. The Labute approximate surface area is 513 Å². The third-order valence-corrected chi connectivity index (χ3v) is 17.4. The minimum atomic E-state index is -0.844. The van der Waals surface area contributed by atoms with Crippen LogP contribution in [0.1, 0.15) is 412 Å². The number of esters is 1. The number of carbonyl (C=O) groups excluding carboxylic acids is 2. The zero-order valence-electron chi connectivity index (χ0n) is 55.5. The van der Waals surface area contributed by atoms with E-state index in [0.717, 1.165) is 44.9 Å². The fourth-order valence-electron chi connectivity index (χ4n) is 11.7. The minimum absolute atomic E-state index is 0.0140. The first kappa shape index (κ1) is 80.1. The van der Waals surface area contributed by atoms with Crippen LogP contribution in [-0.2, 0) is 14.3 Å². The number of ether oxygens (including phenoxy) is 1. The van der Waals surface area contributed by atoms with Crippen molar-refractivity contribution in [2.45, 2.75) is 424 Å². The van der Waals surface area contributed by atoms with Crippen LogP contribution in [0.2, 0.25) is 0 Å². The summed E-state index contributed by atoms with van der Waals surface area (Å²) < 4.78 is 5.50. The van der Waals surface area contributed by atoms with E-state index in [9.17, 15) is 19.8 Å². The highest BCUT2D eigenvalue weighted by Gasteiger charge is 2.18. The Bertz CT molecular complexity index is 1330. The lowest BCUT2D eigenvalue weighted by molar-refractivity contribution is -0.143. The van der Waals surface area contributed by atoms with Crippen LogP contribution < -0.4 is 5.32 Å². The number of amides is 1. The van der Waals surface area contributed by atoms with E-state index in [1.54, 1.807) is 6.08 Å². The van der Waals surface area contributed by atoms with Gasteiger partial charge in [0.1, 0.15) is 0 Å². The van der Waals surface area contributed by atoms with Crippen molar-refractivity contribution < 1.29 is 24.5 Å². The lowest BCUT2D eigenvalue weighted by Crippen LogP contribution is -2.45. The Kier molecular flexibility index (Phi) is 69.9. The largest absolute Gasteiger partial charge is 0.466 e. The lowest BCUT2D eigenvalue weighted by Gasteiger charge is -2.20. The maximum atomic E-state index is 12.5. The molecule has 484 valence electrons. The topological polar surface area (TPSA) is 95.9 Å². The van der Waals surface area contributed by atoms with Gasteiger partial charge in [0.2, 0.25) is 5.91 Å². The molecule has 0 aromatic carbocycles. The summed E-state index contributed by atoms with van der Waals surface area (Å²) in [6.07, 6.45) is 92.4. The van der Waals surface area contributed by atoms with Crippen molar-refractivity contribution in [2.75, 3.05) is 13.2 Å². The molecular formula is C76H145NO5. The molecule has 6 heteroatoms. The molecule has 2 atom stereocenters. The average Bonchev–Trinajstić information content (AvgIpc) is 3.48. The first-order valence-electron chi connectivity index (χ1n) is 37.3. The van der Waals surface area contributed by atoms with E-state index in [0.29, 0.717) is 19.4 Å². The molecule has 0 bridgehead atoms. The molecule has 6 nitrogen and oxygen atoms in total. The Morgan fingerprint density at radius 3 is 0.866 bits per heavy atom. The van der Waals surface area contributed by atoms with Gasteiger partial charge in [-0.05, 0) is 83.5 Å². The van der Waals surface area contributed by atoms with Crippen molar-refractivity contribution in [3.8, 4) is 0 Å². The number of hydrogen-bond donors (Lipinski definition) is 3. The Hall–Kier alpha value is -1.92. The van der Waals surface area contributed by atoms with Gasteiger partial charge in [-0.3, -0.25) is 9.59 Å². The fraction of sp³-hybridized carbons (Fsp3) is 0.895. The molecule has 0 aromatic heterocycles. The van der Waals surface area contributed by atoms with E-state index in [1.807, 2.05) is 6.08 Å². The van der Waals surface area contributed by atoms with E-state index >= 15 is 0 Å². The van der Waals surface area contributed by atoms with Crippen LogP contribution in [-0.4, -0.2) is 47.4 Å². The van der Waals surface area contributed by atoms with E-state index in [2.05, 4.69) is 43.5 Å². The van der Waals surface area contributed by atoms with Gasteiger partial charge >= 0.3 is 5.97 Å². The molecular weight excluding hydrogens is 1010 g/mol. The average molecular weight is 1150 g/mol. The molecule has 0 fully saturated rings. The maximum absolute atomic E-state index is 12.5. The van der Waals surface area contributed by atoms with Crippen molar-refractivity contribution in [3.63, 3.8) is 0 Å². The van der Waals surface area contributed by atoms with Gasteiger partial charge in [-0.2, -0.15) is 0 Å². The monoisotopic (exact) mass is 1150 g/mol. The predicted octanol–water partition coefficient (Wildman–Crippen LogP) is 24.3. The van der Waals surface area contributed by atoms with Gasteiger partial charge in [0, 0.05) is 12.8 Å². The predicted molar refractivity (Wildman–Crippen MR) is 361 cm³/mol. The molecule has 0 radical (unpaired) electrons. The summed E-state index contributed by atoms with van der Waals surface area (Å²) in [7, 11) is 0. The standard InChI is InChI=1S/C76H145NO5/c1-3-5-7-9-11-13-15-17-19-21-37-40-44-48-52-56-60-64-68-74(79)73(72-78)77-75(80)69-65-61-57-53-49-45-41-38-34-32-30-28-26-24-22-23-25-27-29-31-33-35-39-43-47-51-55-59-63-67-71-82-76(81)70-66-62-58-54-50-46-42-36-20-18-16-14-12-10-8-6-4-2/h18,20,23,25,64,68,73-74,78-79H,3-17,19,21-22,24,26-63,65-67,69-72H2,1-2H3,(H,77,80)/b20-18-,25-23-,68-64+.